The molecule has 3 heteroatoms. The number of hydrogen-bond acceptors (Lipinski definition) is 2. The third kappa shape index (κ3) is 3.76. The first-order valence-corrected chi connectivity index (χ1v) is 9.79. The molecule has 0 atom stereocenters. The van der Waals surface area contributed by atoms with Crippen molar-refractivity contribution in [1.82, 2.24) is 0 Å². The molecule has 0 amide bonds. The van der Waals surface area contributed by atoms with E-state index in [1.807, 2.05) is 13.8 Å². The van der Waals surface area contributed by atoms with Crippen LogP contribution in [-0.2, 0) is 9.47 Å². The van der Waals surface area contributed by atoms with Crippen molar-refractivity contribution in [1.29, 1.82) is 0 Å². The number of rotatable bonds is 0. The van der Waals surface area contributed by atoms with E-state index >= 15 is 0 Å². The Morgan fingerprint density at radius 2 is 1.10 bits per heavy atom. The van der Waals surface area contributed by atoms with Gasteiger partial charge < -0.3 is 9.47 Å². The third-order valence-electron chi connectivity index (χ3n) is 4.67. The van der Waals surface area contributed by atoms with Crippen LogP contribution < -0.4 is 0 Å². The zero-order valence-corrected chi connectivity index (χ0v) is 16.0. The minimum atomic E-state index is -0.322. The average Bonchev–Trinajstić information content (AvgIpc) is 2.33. The van der Waals surface area contributed by atoms with Crippen molar-refractivity contribution in [3.8, 4) is 0 Å². The van der Waals surface area contributed by atoms with E-state index in [1.165, 1.54) is 0 Å². The molecule has 0 unspecified atom stereocenters. The molecular formula is C17H35O2P. The van der Waals surface area contributed by atoms with Crippen LogP contribution in [0.2, 0.25) is 0 Å². The molecule has 0 bridgehead atoms. The maximum Gasteiger partial charge on any atom is 0.170 e. The number of hydrogen-bond donors (Lipinski definition) is 0. The van der Waals surface area contributed by atoms with E-state index in [2.05, 4.69) is 48.2 Å². The normalized spacial score (nSPS) is 30.4. The topological polar surface area (TPSA) is 18.5 Å². The molecule has 2 fully saturated rings. The molecule has 2 saturated heterocycles. The van der Waals surface area contributed by atoms with E-state index in [0.717, 1.165) is 26.1 Å². The summed E-state index contributed by atoms with van der Waals surface area (Å²) in [6.45, 7) is 22.0. The fourth-order valence-electron chi connectivity index (χ4n) is 3.38. The second kappa shape index (κ2) is 5.86. The Bertz CT molecular complexity index is 304. The van der Waals surface area contributed by atoms with Gasteiger partial charge in [0.05, 0.1) is 13.2 Å². The Hall–Kier alpha value is 0.350. The lowest BCUT2D eigenvalue weighted by Gasteiger charge is -2.57. The molecule has 0 saturated carbocycles. The zero-order chi connectivity index (χ0) is 15.8. The van der Waals surface area contributed by atoms with E-state index in [9.17, 15) is 0 Å². The van der Waals surface area contributed by atoms with Gasteiger partial charge in [-0.2, -0.15) is 0 Å². The van der Waals surface area contributed by atoms with E-state index in [-0.39, 0.29) is 19.1 Å². The van der Waals surface area contributed by atoms with Crippen molar-refractivity contribution >= 4 is 7.92 Å². The monoisotopic (exact) mass is 302 g/mol. The van der Waals surface area contributed by atoms with Gasteiger partial charge in [-0.25, -0.2) is 0 Å². The smallest absolute Gasteiger partial charge is 0.170 e. The van der Waals surface area contributed by atoms with E-state index < -0.39 is 0 Å². The molecule has 2 heterocycles. The maximum absolute atomic E-state index is 6.23. The second-order valence-corrected chi connectivity index (χ2v) is 11.7. The van der Waals surface area contributed by atoms with Gasteiger partial charge in [0.2, 0.25) is 0 Å². The molecule has 2 aliphatic heterocycles. The third-order valence-corrected chi connectivity index (χ3v) is 8.62. The highest BCUT2D eigenvalue weighted by molar-refractivity contribution is 7.60. The van der Waals surface area contributed by atoms with Crippen LogP contribution in [0, 0.1) is 5.41 Å². The van der Waals surface area contributed by atoms with Crippen molar-refractivity contribution in [2.75, 3.05) is 19.9 Å². The van der Waals surface area contributed by atoms with Gasteiger partial charge in [-0.3, -0.25) is 0 Å². The number of ether oxygens (including phenoxy) is 2. The highest BCUT2D eigenvalue weighted by Crippen LogP contribution is 2.66. The summed E-state index contributed by atoms with van der Waals surface area (Å²) in [5.74, 6) is -0.322. The molecule has 2 rings (SSSR count). The highest BCUT2D eigenvalue weighted by Gasteiger charge is 2.55. The minimum absolute atomic E-state index is 0.0128. The first-order chi connectivity index (χ1) is 8.98. The molecule has 120 valence electrons. The van der Waals surface area contributed by atoms with Gasteiger partial charge >= 0.3 is 0 Å². The lowest BCUT2D eigenvalue weighted by molar-refractivity contribution is -0.310. The molecule has 20 heavy (non-hydrogen) atoms. The maximum atomic E-state index is 6.23. The summed E-state index contributed by atoms with van der Waals surface area (Å²) in [7, 11) is -0.0128. The van der Waals surface area contributed by atoms with E-state index in [0.29, 0.717) is 10.3 Å². The van der Waals surface area contributed by atoms with Crippen LogP contribution in [0.5, 0.6) is 0 Å². The fourth-order valence-corrected chi connectivity index (χ4v) is 5.97. The van der Waals surface area contributed by atoms with Crippen molar-refractivity contribution in [2.45, 2.75) is 84.3 Å². The Labute approximate surface area is 127 Å². The molecule has 0 radical (unpaired) electrons. The van der Waals surface area contributed by atoms with E-state index in [4.69, 9.17) is 9.47 Å². The van der Waals surface area contributed by atoms with Crippen LogP contribution in [0.25, 0.3) is 0 Å². The van der Waals surface area contributed by atoms with Crippen molar-refractivity contribution < 1.29 is 9.47 Å². The highest BCUT2D eigenvalue weighted by atomic mass is 31.1. The Morgan fingerprint density at radius 1 is 0.750 bits per heavy atom. The van der Waals surface area contributed by atoms with Gasteiger partial charge in [-0.1, -0.05) is 63.3 Å². The average molecular weight is 302 g/mol. The second-order valence-electron chi connectivity index (χ2n) is 8.19. The first-order valence-electron chi connectivity index (χ1n) is 8.00. The van der Waals surface area contributed by atoms with Crippen molar-refractivity contribution in [2.24, 2.45) is 5.41 Å². The Balaban J connectivity index is 0.000000956. The molecule has 2 nitrogen and oxygen atoms in total. The van der Waals surface area contributed by atoms with Gasteiger partial charge in [-0.15, -0.1) is 0 Å². The van der Waals surface area contributed by atoms with Gasteiger partial charge in [0, 0.05) is 18.3 Å². The molecule has 0 N–H and O–H groups in total. The van der Waals surface area contributed by atoms with Gasteiger partial charge in [0.15, 0.2) is 5.79 Å². The van der Waals surface area contributed by atoms with Crippen LogP contribution in [0.15, 0.2) is 0 Å². The predicted molar refractivity (Wildman–Crippen MR) is 90.0 cm³/mol. The van der Waals surface area contributed by atoms with Crippen LogP contribution in [0.1, 0.15) is 68.2 Å². The summed E-state index contributed by atoms with van der Waals surface area (Å²) in [4.78, 5) is 0. The quantitative estimate of drug-likeness (QED) is 0.569. The first kappa shape index (κ1) is 18.4. The van der Waals surface area contributed by atoms with Crippen molar-refractivity contribution in [3.63, 3.8) is 0 Å². The summed E-state index contributed by atoms with van der Waals surface area (Å²) in [5.41, 5.74) is 0.161. The van der Waals surface area contributed by atoms with Gasteiger partial charge in [0.1, 0.15) is 0 Å². The lowest BCUT2D eigenvalue weighted by Crippen LogP contribution is -2.57. The summed E-state index contributed by atoms with van der Waals surface area (Å²) >= 11 is 0. The Kier molecular flexibility index (Phi) is 5.39. The van der Waals surface area contributed by atoms with E-state index in [1.54, 1.807) is 0 Å². The van der Waals surface area contributed by atoms with Gasteiger partial charge in [0.25, 0.3) is 0 Å². The van der Waals surface area contributed by atoms with Crippen LogP contribution in [0.3, 0.4) is 0 Å². The molecular weight excluding hydrogens is 267 g/mol. The molecule has 0 aromatic rings. The minimum Gasteiger partial charge on any atom is -0.349 e. The van der Waals surface area contributed by atoms with Crippen LogP contribution >= 0.6 is 7.92 Å². The predicted octanol–water partition coefficient (Wildman–Crippen LogP) is 5.24. The summed E-state index contributed by atoms with van der Waals surface area (Å²) < 4.78 is 12.5. The molecule has 1 spiro atoms. The lowest BCUT2D eigenvalue weighted by atomic mass is 9.88. The molecule has 0 aliphatic carbocycles. The van der Waals surface area contributed by atoms with Crippen LogP contribution in [0.4, 0.5) is 0 Å². The van der Waals surface area contributed by atoms with Crippen LogP contribution in [-0.4, -0.2) is 36.0 Å². The largest absolute Gasteiger partial charge is 0.349 e. The van der Waals surface area contributed by atoms with Gasteiger partial charge in [-0.05, 0) is 17.0 Å². The SMILES string of the molecule is CC.CP1C(C)(C)CC2(CC1(C)C)OCC(C)(C)CO2. The summed E-state index contributed by atoms with van der Waals surface area (Å²) in [5, 5.41) is 0.664. The standard InChI is InChI=1S/C15H29O2P.C2H6/c1-12(2)10-16-15(17-11-12)8-13(3,4)18(7)14(5,6)9-15;1-2/h8-11H2,1-7H3;1-2H3. The molecule has 2 aliphatic rings. The molecule has 0 aromatic heterocycles. The van der Waals surface area contributed by atoms with Crippen molar-refractivity contribution in [3.05, 3.63) is 0 Å². The fraction of sp³-hybridized carbons (Fsp3) is 1.00. The molecule has 0 aromatic carbocycles. The zero-order valence-electron chi connectivity index (χ0n) is 15.1. The summed E-state index contributed by atoms with van der Waals surface area (Å²) in [6, 6.07) is 0. The Morgan fingerprint density at radius 3 is 1.45 bits per heavy atom. The summed E-state index contributed by atoms with van der Waals surface area (Å²) in [6.07, 6.45) is 2.09.